The van der Waals surface area contributed by atoms with Crippen molar-refractivity contribution in [3.63, 3.8) is 0 Å². The first kappa shape index (κ1) is 21.5. The molecule has 140 valence electrons. The number of rotatable bonds is 14. The van der Waals surface area contributed by atoms with Crippen LogP contribution in [0.1, 0.15) is 77.6 Å². The van der Waals surface area contributed by atoms with Crippen molar-refractivity contribution in [1.82, 2.24) is 0 Å². The van der Waals surface area contributed by atoms with Crippen LogP contribution >= 0.6 is 0 Å². The zero-order chi connectivity index (χ0) is 18.5. The van der Waals surface area contributed by atoms with Crippen molar-refractivity contribution in [3.8, 4) is 0 Å². The fourth-order valence-corrected chi connectivity index (χ4v) is 3.13. The molecule has 1 aliphatic rings. The van der Waals surface area contributed by atoms with E-state index in [2.05, 4.69) is 6.92 Å². The van der Waals surface area contributed by atoms with Crippen LogP contribution in [0.25, 0.3) is 0 Å². The molecule has 25 heavy (non-hydrogen) atoms. The van der Waals surface area contributed by atoms with E-state index in [1.54, 1.807) is 18.2 Å². The molecule has 0 aromatic heterocycles. The Morgan fingerprint density at radius 2 is 1.80 bits per heavy atom. The predicted molar refractivity (Wildman–Crippen MR) is 101 cm³/mol. The van der Waals surface area contributed by atoms with Crippen LogP contribution in [0.2, 0.25) is 0 Å². The van der Waals surface area contributed by atoms with Crippen molar-refractivity contribution in [2.45, 2.75) is 77.6 Å². The lowest BCUT2D eigenvalue weighted by molar-refractivity contribution is -0.132. The molecule has 4 heteroatoms. The minimum atomic E-state index is -0.677. The molecule has 0 heterocycles. The second-order valence-electron chi connectivity index (χ2n) is 6.82. The molecule has 0 radical (unpaired) electrons. The average molecular weight is 347 g/mol. The van der Waals surface area contributed by atoms with Gasteiger partial charge in [-0.1, -0.05) is 57.6 Å². The first-order valence-electron chi connectivity index (χ1n) is 9.78. The Hall–Kier alpha value is -1.55. The summed E-state index contributed by atoms with van der Waals surface area (Å²) < 4.78 is 0. The summed E-state index contributed by atoms with van der Waals surface area (Å²) in [7, 11) is 0. The van der Waals surface area contributed by atoms with Gasteiger partial charge in [-0.05, 0) is 31.9 Å². The first-order chi connectivity index (χ1) is 12.1. The number of carbonyl (C=O) groups is 3. The van der Waals surface area contributed by atoms with Crippen LogP contribution in [0.5, 0.6) is 0 Å². The van der Waals surface area contributed by atoms with Crippen molar-refractivity contribution >= 4 is 17.3 Å². The predicted octanol–water partition coefficient (Wildman–Crippen LogP) is 4.08. The topological polar surface area (TPSA) is 77.2 Å². The van der Waals surface area contributed by atoms with Crippen molar-refractivity contribution in [3.05, 3.63) is 23.8 Å². The number of ketones is 3. The lowest BCUT2D eigenvalue weighted by atomic mass is 9.84. The fraction of sp³-hybridized carbons (Fsp3) is 0.667. The highest BCUT2D eigenvalue weighted by molar-refractivity contribution is 6.26. The Balaban J connectivity index is 2.60. The van der Waals surface area contributed by atoms with Crippen LogP contribution in [0, 0.1) is 5.92 Å². The van der Waals surface area contributed by atoms with Gasteiger partial charge in [-0.15, -0.1) is 0 Å². The molecule has 0 saturated carbocycles. The largest absolute Gasteiger partial charge is 0.330 e. The lowest BCUT2D eigenvalue weighted by Crippen LogP contribution is -2.29. The zero-order valence-electron chi connectivity index (χ0n) is 15.6. The van der Waals surface area contributed by atoms with Crippen LogP contribution in [-0.4, -0.2) is 23.9 Å². The summed E-state index contributed by atoms with van der Waals surface area (Å²) in [4.78, 5) is 37.3. The molecular weight excluding hydrogens is 314 g/mol. The molecule has 0 saturated heterocycles. The molecule has 1 unspecified atom stereocenters. The molecule has 4 nitrogen and oxygen atoms in total. The van der Waals surface area contributed by atoms with E-state index in [-0.39, 0.29) is 29.3 Å². The number of Topliss-reactive ketones (excluding diaryl/α,β-unsaturated/α-hetero) is 3. The molecule has 1 rings (SSSR count). The second kappa shape index (κ2) is 12.8. The minimum Gasteiger partial charge on any atom is -0.330 e. The number of allylic oxidation sites excluding steroid dienone is 4. The van der Waals surface area contributed by atoms with Gasteiger partial charge in [-0.3, -0.25) is 14.4 Å². The smallest absolute Gasteiger partial charge is 0.176 e. The molecule has 0 spiro atoms. The van der Waals surface area contributed by atoms with Crippen molar-refractivity contribution in [1.29, 1.82) is 0 Å². The monoisotopic (exact) mass is 347 g/mol. The number of carbonyl (C=O) groups excluding carboxylic acids is 3. The van der Waals surface area contributed by atoms with Gasteiger partial charge in [0, 0.05) is 12.8 Å². The van der Waals surface area contributed by atoms with E-state index in [1.807, 2.05) is 0 Å². The van der Waals surface area contributed by atoms with Gasteiger partial charge in [0.15, 0.2) is 11.6 Å². The van der Waals surface area contributed by atoms with Crippen LogP contribution < -0.4 is 5.73 Å². The van der Waals surface area contributed by atoms with Gasteiger partial charge in [0.05, 0.1) is 11.5 Å². The molecule has 2 N–H and O–H groups in total. The van der Waals surface area contributed by atoms with E-state index in [0.717, 1.165) is 32.1 Å². The Morgan fingerprint density at radius 3 is 2.48 bits per heavy atom. The third-order valence-electron chi connectivity index (χ3n) is 4.70. The van der Waals surface area contributed by atoms with E-state index in [0.29, 0.717) is 19.4 Å². The van der Waals surface area contributed by atoms with Gasteiger partial charge in [0.1, 0.15) is 5.78 Å². The van der Waals surface area contributed by atoms with Gasteiger partial charge in [-0.25, -0.2) is 0 Å². The fourth-order valence-electron chi connectivity index (χ4n) is 3.13. The van der Waals surface area contributed by atoms with Gasteiger partial charge >= 0.3 is 0 Å². The molecule has 0 aromatic rings. The molecule has 0 fully saturated rings. The summed E-state index contributed by atoms with van der Waals surface area (Å²) in [6.07, 6.45) is 14.4. The maximum absolute atomic E-state index is 12.7. The highest BCUT2D eigenvalue weighted by Gasteiger charge is 2.30. The number of nitrogens with two attached hydrogens (primary N) is 1. The van der Waals surface area contributed by atoms with Crippen molar-refractivity contribution in [2.24, 2.45) is 11.7 Å². The zero-order valence-corrected chi connectivity index (χ0v) is 15.6. The van der Waals surface area contributed by atoms with Gasteiger partial charge < -0.3 is 5.73 Å². The van der Waals surface area contributed by atoms with Crippen molar-refractivity contribution < 1.29 is 14.4 Å². The Morgan fingerprint density at radius 1 is 1.08 bits per heavy atom. The van der Waals surface area contributed by atoms with E-state index in [9.17, 15) is 14.4 Å². The Bertz CT molecular complexity index is 505. The maximum Gasteiger partial charge on any atom is 0.176 e. The van der Waals surface area contributed by atoms with Crippen molar-refractivity contribution in [2.75, 3.05) is 6.54 Å². The highest BCUT2D eigenvalue weighted by atomic mass is 16.2. The molecule has 0 amide bonds. The standard InChI is InChI=1S/C21H33NO3/c1-2-3-4-5-6-7-14-19(23)18(13-10-11-16-22)21(25)17-12-8-9-15-20(17)24/h8-9,12,18H,2-7,10-11,13-16,22H2,1H3. The minimum absolute atomic E-state index is 0.0132. The molecule has 0 bridgehead atoms. The lowest BCUT2D eigenvalue weighted by Gasteiger charge is -2.17. The third-order valence-corrected chi connectivity index (χ3v) is 4.70. The van der Waals surface area contributed by atoms with E-state index < -0.39 is 5.92 Å². The summed E-state index contributed by atoms with van der Waals surface area (Å²) in [5.74, 6) is -1.16. The molecule has 0 aromatic carbocycles. The molecule has 0 aliphatic heterocycles. The molecular formula is C21H33NO3. The summed E-state index contributed by atoms with van der Waals surface area (Å²) in [5, 5.41) is 0. The number of hydrogen-bond acceptors (Lipinski definition) is 4. The maximum atomic E-state index is 12.7. The highest BCUT2D eigenvalue weighted by Crippen LogP contribution is 2.22. The van der Waals surface area contributed by atoms with Crippen LogP contribution in [0.15, 0.2) is 23.8 Å². The van der Waals surface area contributed by atoms with Gasteiger partial charge in [0.2, 0.25) is 0 Å². The number of unbranched alkanes of at least 4 members (excludes halogenated alkanes) is 6. The summed E-state index contributed by atoms with van der Waals surface area (Å²) in [5.41, 5.74) is 5.72. The van der Waals surface area contributed by atoms with E-state index in [4.69, 9.17) is 5.73 Å². The van der Waals surface area contributed by atoms with E-state index in [1.165, 1.54) is 19.3 Å². The Kier molecular flexibility index (Phi) is 11.0. The Labute approximate surface area is 151 Å². The quantitative estimate of drug-likeness (QED) is 0.292. The normalized spacial score (nSPS) is 15.1. The summed E-state index contributed by atoms with van der Waals surface area (Å²) in [6, 6.07) is 0. The van der Waals surface area contributed by atoms with Gasteiger partial charge in [-0.2, -0.15) is 0 Å². The number of hydrogen-bond donors (Lipinski definition) is 1. The summed E-state index contributed by atoms with van der Waals surface area (Å²) >= 11 is 0. The summed E-state index contributed by atoms with van der Waals surface area (Å²) in [6.45, 7) is 2.73. The first-order valence-corrected chi connectivity index (χ1v) is 9.78. The van der Waals surface area contributed by atoms with Crippen LogP contribution in [0.3, 0.4) is 0 Å². The second-order valence-corrected chi connectivity index (χ2v) is 6.82. The van der Waals surface area contributed by atoms with Crippen LogP contribution in [-0.2, 0) is 14.4 Å². The van der Waals surface area contributed by atoms with Crippen LogP contribution in [0.4, 0.5) is 0 Å². The molecule has 1 atom stereocenters. The van der Waals surface area contributed by atoms with E-state index >= 15 is 0 Å². The average Bonchev–Trinajstić information content (AvgIpc) is 2.61. The molecule has 1 aliphatic carbocycles. The third kappa shape index (κ3) is 7.91. The SMILES string of the molecule is CCCCCCCCC(=O)C(CCCCN)C(=O)C1=CC=CCC1=O. The van der Waals surface area contributed by atoms with Gasteiger partial charge in [0.25, 0.3) is 0 Å².